The van der Waals surface area contributed by atoms with Crippen LogP contribution in [0.15, 0.2) is 41.6 Å². The van der Waals surface area contributed by atoms with Gasteiger partial charge in [-0.05, 0) is 41.8 Å². The van der Waals surface area contributed by atoms with Crippen molar-refractivity contribution in [2.45, 2.75) is 17.9 Å². The maximum Gasteiger partial charge on any atom is 0.244 e. The minimum absolute atomic E-state index is 0.0500. The lowest BCUT2D eigenvalue weighted by Crippen LogP contribution is -2.51. The van der Waals surface area contributed by atoms with E-state index in [1.54, 1.807) is 32.5 Å². The number of sulfonamides is 1. The number of nitrogens with zero attached hydrogens (tertiary/aromatic N) is 4. The standard InChI is InChI=1S/C22H28N4O5S/c1-30-20-12-17-5-7-25(15-18(17)13-21(20)31-2)22(27)16-24-8-10-26(11-9-24)32(28,29)19-4-3-6-23-14-19/h3-4,6,12-14H,5,7-11,15-16H2,1-2H3. The molecule has 0 unspecified atom stereocenters. The third-order valence-electron chi connectivity index (χ3n) is 6.03. The summed E-state index contributed by atoms with van der Waals surface area (Å²) in [6, 6.07) is 7.09. The molecule has 10 heteroatoms. The van der Waals surface area contributed by atoms with Crippen LogP contribution in [0.2, 0.25) is 0 Å². The molecule has 2 aliphatic heterocycles. The van der Waals surface area contributed by atoms with Gasteiger partial charge in [0.25, 0.3) is 0 Å². The van der Waals surface area contributed by atoms with Gasteiger partial charge in [0.05, 0.1) is 20.8 Å². The number of benzene rings is 1. The topological polar surface area (TPSA) is 92.3 Å². The van der Waals surface area contributed by atoms with E-state index in [4.69, 9.17) is 9.47 Å². The first-order chi connectivity index (χ1) is 15.4. The van der Waals surface area contributed by atoms with Crippen LogP contribution in [0, 0.1) is 0 Å². The number of amides is 1. The minimum Gasteiger partial charge on any atom is -0.493 e. The number of rotatable bonds is 6. The molecular formula is C22H28N4O5S. The van der Waals surface area contributed by atoms with Gasteiger partial charge >= 0.3 is 0 Å². The van der Waals surface area contributed by atoms with Crippen LogP contribution in [-0.2, 0) is 27.8 Å². The van der Waals surface area contributed by atoms with Crippen molar-refractivity contribution in [3.05, 3.63) is 47.8 Å². The van der Waals surface area contributed by atoms with E-state index in [1.165, 1.54) is 16.1 Å². The first kappa shape index (κ1) is 22.5. The maximum atomic E-state index is 12.9. The molecule has 0 saturated carbocycles. The molecule has 172 valence electrons. The summed E-state index contributed by atoms with van der Waals surface area (Å²) in [5.74, 6) is 1.41. The Hall–Kier alpha value is -2.69. The zero-order valence-electron chi connectivity index (χ0n) is 18.4. The summed E-state index contributed by atoms with van der Waals surface area (Å²) in [5, 5.41) is 0. The number of fused-ring (bicyclic) bond motifs is 1. The second-order valence-corrected chi connectivity index (χ2v) is 9.85. The van der Waals surface area contributed by atoms with Gasteiger partial charge in [-0.15, -0.1) is 0 Å². The second-order valence-electron chi connectivity index (χ2n) is 7.91. The van der Waals surface area contributed by atoms with E-state index >= 15 is 0 Å². The van der Waals surface area contributed by atoms with Gasteiger partial charge in [-0.25, -0.2) is 8.42 Å². The molecule has 1 saturated heterocycles. The molecule has 3 heterocycles. The lowest BCUT2D eigenvalue weighted by Gasteiger charge is -2.35. The Kier molecular flexibility index (Phi) is 6.63. The zero-order valence-corrected chi connectivity index (χ0v) is 19.2. The second kappa shape index (κ2) is 9.43. The smallest absolute Gasteiger partial charge is 0.244 e. The van der Waals surface area contributed by atoms with E-state index in [2.05, 4.69) is 4.98 Å². The van der Waals surface area contributed by atoms with Gasteiger partial charge in [-0.2, -0.15) is 4.31 Å². The summed E-state index contributed by atoms with van der Waals surface area (Å²) in [4.78, 5) is 20.9. The van der Waals surface area contributed by atoms with Gasteiger partial charge < -0.3 is 14.4 Å². The van der Waals surface area contributed by atoms with Gasteiger partial charge in [0.1, 0.15) is 4.90 Å². The van der Waals surface area contributed by atoms with Crippen LogP contribution in [0.4, 0.5) is 0 Å². The Balaban J connectivity index is 1.34. The summed E-state index contributed by atoms with van der Waals surface area (Å²) < 4.78 is 37.7. The number of methoxy groups -OCH3 is 2. The summed E-state index contributed by atoms with van der Waals surface area (Å²) >= 11 is 0. The SMILES string of the molecule is COc1cc2c(cc1OC)CN(C(=O)CN1CCN(S(=O)(=O)c3cccnc3)CC1)CC2. The first-order valence-corrected chi connectivity index (χ1v) is 12.0. The largest absolute Gasteiger partial charge is 0.493 e. The lowest BCUT2D eigenvalue weighted by molar-refractivity contribution is -0.133. The summed E-state index contributed by atoms with van der Waals surface area (Å²) in [6.07, 6.45) is 3.68. The van der Waals surface area contributed by atoms with Gasteiger partial charge in [-0.3, -0.25) is 14.7 Å². The Morgan fingerprint density at radius 1 is 1.03 bits per heavy atom. The molecule has 1 fully saturated rings. The van der Waals surface area contributed by atoms with Gasteiger partial charge in [0.15, 0.2) is 11.5 Å². The van der Waals surface area contributed by atoms with Crippen LogP contribution in [0.1, 0.15) is 11.1 Å². The zero-order chi connectivity index (χ0) is 22.7. The van der Waals surface area contributed by atoms with Crippen molar-refractivity contribution >= 4 is 15.9 Å². The number of hydrogen-bond donors (Lipinski definition) is 0. The summed E-state index contributed by atoms with van der Waals surface area (Å²) in [7, 11) is -0.337. The maximum absolute atomic E-state index is 12.9. The molecule has 32 heavy (non-hydrogen) atoms. The quantitative estimate of drug-likeness (QED) is 0.635. The fourth-order valence-electron chi connectivity index (χ4n) is 4.16. The fourth-order valence-corrected chi connectivity index (χ4v) is 5.55. The van der Waals surface area contributed by atoms with Crippen LogP contribution >= 0.6 is 0 Å². The van der Waals surface area contributed by atoms with Crippen molar-refractivity contribution in [1.82, 2.24) is 19.1 Å². The highest BCUT2D eigenvalue weighted by Crippen LogP contribution is 2.33. The molecule has 2 aliphatic rings. The molecule has 1 aromatic carbocycles. The van der Waals surface area contributed by atoms with Crippen LogP contribution in [0.5, 0.6) is 11.5 Å². The van der Waals surface area contributed by atoms with Crippen LogP contribution in [-0.4, -0.2) is 86.9 Å². The Morgan fingerprint density at radius 3 is 2.34 bits per heavy atom. The van der Waals surface area contributed by atoms with Crippen LogP contribution < -0.4 is 9.47 Å². The number of carbonyl (C=O) groups is 1. The molecule has 0 radical (unpaired) electrons. The number of carbonyl (C=O) groups excluding carboxylic acids is 1. The van der Waals surface area contributed by atoms with Gasteiger partial charge in [0.2, 0.25) is 15.9 Å². The number of hydrogen-bond acceptors (Lipinski definition) is 7. The molecule has 0 N–H and O–H groups in total. The molecule has 1 aromatic heterocycles. The predicted octanol–water partition coefficient (Wildman–Crippen LogP) is 0.990. The molecule has 0 atom stereocenters. The average molecular weight is 461 g/mol. The van der Waals surface area contributed by atoms with Crippen molar-refractivity contribution in [3.63, 3.8) is 0 Å². The number of aromatic nitrogens is 1. The van der Waals surface area contributed by atoms with Crippen molar-refractivity contribution in [1.29, 1.82) is 0 Å². The van der Waals surface area contributed by atoms with E-state index in [1.807, 2.05) is 21.9 Å². The fraction of sp³-hybridized carbons (Fsp3) is 0.455. The van der Waals surface area contributed by atoms with Gasteiger partial charge in [-0.1, -0.05) is 0 Å². The predicted molar refractivity (Wildman–Crippen MR) is 118 cm³/mol. The highest BCUT2D eigenvalue weighted by atomic mass is 32.2. The number of piperazine rings is 1. The van der Waals surface area contributed by atoms with E-state index in [0.717, 1.165) is 12.0 Å². The molecule has 1 amide bonds. The number of ether oxygens (including phenoxy) is 2. The molecule has 4 rings (SSSR count). The third-order valence-corrected chi connectivity index (χ3v) is 7.92. The van der Waals surface area contributed by atoms with Crippen molar-refractivity contribution < 1.29 is 22.7 Å². The van der Waals surface area contributed by atoms with Crippen molar-refractivity contribution in [3.8, 4) is 11.5 Å². The van der Waals surface area contributed by atoms with Crippen LogP contribution in [0.25, 0.3) is 0 Å². The summed E-state index contributed by atoms with van der Waals surface area (Å²) in [5.41, 5.74) is 2.23. The Morgan fingerprint density at radius 2 is 1.72 bits per heavy atom. The Labute approximate surface area is 188 Å². The van der Waals surface area contributed by atoms with Gasteiger partial charge in [0, 0.05) is 51.7 Å². The van der Waals surface area contributed by atoms with Crippen molar-refractivity contribution in [2.24, 2.45) is 0 Å². The minimum atomic E-state index is -3.55. The lowest BCUT2D eigenvalue weighted by atomic mass is 9.98. The molecular weight excluding hydrogens is 432 g/mol. The average Bonchev–Trinajstić information content (AvgIpc) is 2.83. The first-order valence-electron chi connectivity index (χ1n) is 10.6. The molecule has 9 nitrogen and oxygen atoms in total. The number of pyridine rings is 1. The van der Waals surface area contributed by atoms with Crippen molar-refractivity contribution in [2.75, 3.05) is 53.5 Å². The normalized spacial score (nSPS) is 17.6. The van der Waals surface area contributed by atoms with E-state index < -0.39 is 10.0 Å². The monoisotopic (exact) mass is 460 g/mol. The molecule has 0 aliphatic carbocycles. The Bertz CT molecular complexity index is 1070. The molecule has 0 spiro atoms. The highest BCUT2D eigenvalue weighted by molar-refractivity contribution is 7.89. The molecule has 2 aromatic rings. The highest BCUT2D eigenvalue weighted by Gasteiger charge is 2.30. The van der Waals surface area contributed by atoms with Crippen LogP contribution in [0.3, 0.4) is 0 Å². The molecule has 0 bridgehead atoms. The third kappa shape index (κ3) is 4.57. The van der Waals surface area contributed by atoms with E-state index in [-0.39, 0.29) is 17.3 Å². The summed E-state index contributed by atoms with van der Waals surface area (Å²) in [6.45, 7) is 3.19. The van der Waals surface area contributed by atoms with E-state index in [0.29, 0.717) is 50.8 Å². The van der Waals surface area contributed by atoms with E-state index in [9.17, 15) is 13.2 Å².